The van der Waals surface area contributed by atoms with E-state index in [4.69, 9.17) is 5.73 Å². The van der Waals surface area contributed by atoms with Gasteiger partial charge in [0.05, 0.1) is 0 Å². The van der Waals surface area contributed by atoms with Crippen molar-refractivity contribution in [1.29, 1.82) is 0 Å². The number of nitrogens with one attached hydrogen (secondary N) is 1. The summed E-state index contributed by atoms with van der Waals surface area (Å²) in [6.07, 6.45) is 1.74. The molecule has 4 nitrogen and oxygen atoms in total. The molecule has 110 valence electrons. The summed E-state index contributed by atoms with van der Waals surface area (Å²) in [6, 6.07) is 4.97. The second kappa shape index (κ2) is 6.22. The number of hydrogen-bond acceptors (Lipinski definition) is 3. The average Bonchev–Trinajstić information content (AvgIpc) is 2.38. The van der Waals surface area contributed by atoms with Crippen LogP contribution in [0.15, 0.2) is 18.2 Å². The lowest BCUT2D eigenvalue weighted by Crippen LogP contribution is -2.44. The highest BCUT2D eigenvalue weighted by atomic mass is 19.1. The second-order valence-electron chi connectivity index (χ2n) is 5.42. The molecule has 1 aliphatic rings. The molecule has 1 fully saturated rings. The van der Waals surface area contributed by atoms with E-state index < -0.39 is 0 Å². The Morgan fingerprint density at radius 3 is 2.65 bits per heavy atom. The van der Waals surface area contributed by atoms with E-state index in [-0.39, 0.29) is 23.8 Å². The fourth-order valence-electron chi connectivity index (χ4n) is 2.80. The summed E-state index contributed by atoms with van der Waals surface area (Å²) in [6.45, 7) is 4.93. The molecule has 0 radical (unpaired) electrons. The number of halogens is 1. The van der Waals surface area contributed by atoms with Crippen LogP contribution in [0.5, 0.6) is 0 Å². The molecule has 20 heavy (non-hydrogen) atoms. The molecule has 0 saturated carbocycles. The molecule has 5 heteroatoms. The monoisotopic (exact) mass is 279 g/mol. The molecule has 1 aromatic rings. The Hall–Kier alpha value is -1.62. The number of rotatable bonds is 3. The van der Waals surface area contributed by atoms with Crippen LogP contribution in [0.25, 0.3) is 0 Å². The summed E-state index contributed by atoms with van der Waals surface area (Å²) in [5, 5.41) is 2.94. The average molecular weight is 279 g/mol. The van der Waals surface area contributed by atoms with Gasteiger partial charge in [-0.1, -0.05) is 6.07 Å². The van der Waals surface area contributed by atoms with Crippen LogP contribution in [-0.4, -0.2) is 25.0 Å². The van der Waals surface area contributed by atoms with Crippen LogP contribution in [-0.2, 0) is 4.79 Å². The molecule has 3 N–H and O–H groups in total. The van der Waals surface area contributed by atoms with Gasteiger partial charge in [0.15, 0.2) is 0 Å². The van der Waals surface area contributed by atoms with Gasteiger partial charge in [0, 0.05) is 43.3 Å². The quantitative estimate of drug-likeness (QED) is 0.889. The molecule has 0 bridgehead atoms. The van der Waals surface area contributed by atoms with Crippen molar-refractivity contribution in [1.82, 2.24) is 5.32 Å². The molecule has 1 aliphatic heterocycles. The molecule has 0 aliphatic carbocycles. The minimum atomic E-state index is -0.334. The summed E-state index contributed by atoms with van der Waals surface area (Å²) in [7, 11) is 0. The lowest BCUT2D eigenvalue weighted by Gasteiger charge is -2.35. The normalized spacial score (nSPS) is 17.9. The molecule has 1 heterocycles. The Morgan fingerprint density at radius 1 is 1.45 bits per heavy atom. The maximum absolute atomic E-state index is 13.9. The first-order valence-electron chi connectivity index (χ1n) is 7.05. The van der Waals surface area contributed by atoms with Crippen molar-refractivity contribution in [2.45, 2.75) is 38.8 Å². The molecule has 1 saturated heterocycles. The van der Waals surface area contributed by atoms with Gasteiger partial charge in [-0.2, -0.15) is 0 Å². The minimum Gasteiger partial charge on any atom is -0.371 e. The van der Waals surface area contributed by atoms with Crippen LogP contribution in [0.4, 0.5) is 10.1 Å². The smallest absolute Gasteiger partial charge is 0.217 e. The number of carbonyl (C=O) groups is 1. The Kier molecular flexibility index (Phi) is 4.60. The van der Waals surface area contributed by atoms with Gasteiger partial charge in [0.2, 0.25) is 5.91 Å². The van der Waals surface area contributed by atoms with Gasteiger partial charge in [0.1, 0.15) is 5.82 Å². The molecular weight excluding hydrogens is 257 g/mol. The van der Waals surface area contributed by atoms with Crippen LogP contribution >= 0.6 is 0 Å². The number of benzene rings is 1. The summed E-state index contributed by atoms with van der Waals surface area (Å²) >= 11 is 0. The highest BCUT2D eigenvalue weighted by molar-refractivity contribution is 5.73. The third kappa shape index (κ3) is 3.28. The van der Waals surface area contributed by atoms with Gasteiger partial charge in [0.25, 0.3) is 0 Å². The van der Waals surface area contributed by atoms with E-state index in [0.717, 1.165) is 31.6 Å². The molecule has 0 spiro atoms. The van der Waals surface area contributed by atoms with Gasteiger partial charge in [-0.15, -0.1) is 0 Å². The number of nitrogens with zero attached hydrogens (tertiary/aromatic N) is 1. The second-order valence-corrected chi connectivity index (χ2v) is 5.42. The van der Waals surface area contributed by atoms with Crippen molar-refractivity contribution >= 4 is 11.6 Å². The molecule has 1 atom stereocenters. The number of hydrogen-bond donors (Lipinski definition) is 2. The van der Waals surface area contributed by atoms with Crippen LogP contribution in [0, 0.1) is 5.82 Å². The first kappa shape index (κ1) is 14.8. The molecule has 1 aromatic carbocycles. The highest BCUT2D eigenvalue weighted by Crippen LogP contribution is 2.29. The third-order valence-electron chi connectivity index (χ3n) is 3.73. The van der Waals surface area contributed by atoms with Gasteiger partial charge in [-0.05, 0) is 31.9 Å². The summed E-state index contributed by atoms with van der Waals surface area (Å²) in [5.41, 5.74) is 7.34. The van der Waals surface area contributed by atoms with Gasteiger partial charge in [-0.3, -0.25) is 4.79 Å². The zero-order valence-electron chi connectivity index (χ0n) is 12.0. The number of amides is 1. The SMILES string of the molecule is CC(=O)NC1CCN(c2cccc(F)c2[C@H](C)N)CC1. The highest BCUT2D eigenvalue weighted by Gasteiger charge is 2.23. The zero-order valence-corrected chi connectivity index (χ0v) is 12.0. The Labute approximate surface area is 119 Å². The summed E-state index contributed by atoms with van der Waals surface area (Å²) < 4.78 is 13.9. The van der Waals surface area contributed by atoms with Crippen molar-refractivity contribution < 1.29 is 9.18 Å². The molecular formula is C15H22FN3O. The van der Waals surface area contributed by atoms with Crippen molar-refractivity contribution in [2.75, 3.05) is 18.0 Å². The molecule has 2 rings (SSSR count). The van der Waals surface area contributed by atoms with Gasteiger partial charge < -0.3 is 16.0 Å². The van der Waals surface area contributed by atoms with Crippen LogP contribution < -0.4 is 16.0 Å². The van der Waals surface area contributed by atoms with E-state index in [9.17, 15) is 9.18 Å². The number of carbonyl (C=O) groups excluding carboxylic acids is 1. The van der Waals surface area contributed by atoms with Crippen molar-refractivity contribution in [3.8, 4) is 0 Å². The molecule has 0 unspecified atom stereocenters. The Balaban J connectivity index is 2.11. The fourth-order valence-corrected chi connectivity index (χ4v) is 2.80. The maximum Gasteiger partial charge on any atom is 0.217 e. The number of nitrogens with two attached hydrogens (primary N) is 1. The standard InChI is InChI=1S/C15H22FN3O/c1-10(17)15-13(16)4-3-5-14(15)19-8-6-12(7-9-19)18-11(2)20/h3-5,10,12H,6-9,17H2,1-2H3,(H,18,20)/t10-/m0/s1. The first-order chi connectivity index (χ1) is 9.49. The van der Waals surface area contributed by atoms with E-state index in [2.05, 4.69) is 10.2 Å². The third-order valence-corrected chi connectivity index (χ3v) is 3.73. The Bertz CT molecular complexity index is 482. The fraction of sp³-hybridized carbons (Fsp3) is 0.533. The molecule has 1 amide bonds. The van der Waals surface area contributed by atoms with Gasteiger partial charge >= 0.3 is 0 Å². The van der Waals surface area contributed by atoms with E-state index >= 15 is 0 Å². The van der Waals surface area contributed by atoms with E-state index in [1.807, 2.05) is 6.07 Å². The predicted octanol–water partition coefficient (Wildman–Crippen LogP) is 1.95. The minimum absolute atomic E-state index is 0.00507. The number of anilines is 1. The Morgan fingerprint density at radius 2 is 2.10 bits per heavy atom. The summed E-state index contributed by atoms with van der Waals surface area (Å²) in [4.78, 5) is 13.2. The van der Waals surface area contributed by atoms with Crippen LogP contribution in [0.2, 0.25) is 0 Å². The molecule has 0 aromatic heterocycles. The first-order valence-corrected chi connectivity index (χ1v) is 7.05. The van der Waals surface area contributed by atoms with Crippen LogP contribution in [0.1, 0.15) is 38.3 Å². The van der Waals surface area contributed by atoms with E-state index in [1.54, 1.807) is 13.0 Å². The number of piperidine rings is 1. The van der Waals surface area contributed by atoms with Crippen LogP contribution in [0.3, 0.4) is 0 Å². The lowest BCUT2D eigenvalue weighted by atomic mass is 10.0. The topological polar surface area (TPSA) is 58.4 Å². The predicted molar refractivity (Wildman–Crippen MR) is 78.1 cm³/mol. The lowest BCUT2D eigenvalue weighted by molar-refractivity contribution is -0.119. The maximum atomic E-state index is 13.9. The van der Waals surface area contributed by atoms with E-state index in [1.165, 1.54) is 13.0 Å². The largest absolute Gasteiger partial charge is 0.371 e. The van der Waals surface area contributed by atoms with Crippen molar-refractivity contribution in [3.63, 3.8) is 0 Å². The zero-order chi connectivity index (χ0) is 14.7. The van der Waals surface area contributed by atoms with Gasteiger partial charge in [-0.25, -0.2) is 4.39 Å². The van der Waals surface area contributed by atoms with E-state index in [0.29, 0.717) is 5.56 Å². The summed E-state index contributed by atoms with van der Waals surface area (Å²) in [5.74, 6) is -0.244. The van der Waals surface area contributed by atoms with Crippen molar-refractivity contribution in [2.24, 2.45) is 5.73 Å². The van der Waals surface area contributed by atoms with Crippen molar-refractivity contribution in [3.05, 3.63) is 29.6 Å².